The first kappa shape index (κ1) is 17.5. The van der Waals surface area contributed by atoms with E-state index in [1.807, 2.05) is 19.9 Å². The molecule has 0 saturated carbocycles. The van der Waals surface area contributed by atoms with Gasteiger partial charge in [0, 0.05) is 18.0 Å². The molecule has 0 unspecified atom stereocenters. The number of hydrogen-bond acceptors (Lipinski definition) is 4. The molecule has 1 fully saturated rings. The summed E-state index contributed by atoms with van der Waals surface area (Å²) in [7, 11) is -3.52. The fraction of sp³-hybridized carbons (Fsp3) is 0.444. The highest BCUT2D eigenvalue weighted by atomic mass is 32.2. The van der Waals surface area contributed by atoms with Gasteiger partial charge in [0.05, 0.1) is 6.61 Å². The third-order valence-corrected chi connectivity index (χ3v) is 7.37. The van der Waals surface area contributed by atoms with E-state index in [1.165, 1.54) is 4.88 Å². The number of hydrogen-bond donors (Lipinski definition) is 0. The zero-order chi connectivity index (χ0) is 17.2. The van der Waals surface area contributed by atoms with E-state index in [0.29, 0.717) is 36.3 Å². The molecular formula is C18H23NO3S2. The number of sulfonamides is 1. The van der Waals surface area contributed by atoms with E-state index in [2.05, 4.69) is 17.5 Å². The van der Waals surface area contributed by atoms with Gasteiger partial charge in [0.1, 0.15) is 10.6 Å². The Hall–Kier alpha value is -1.37. The number of ether oxygens (including phenoxy) is 1. The van der Waals surface area contributed by atoms with Gasteiger partial charge in [-0.15, -0.1) is 11.3 Å². The van der Waals surface area contributed by atoms with Crippen molar-refractivity contribution in [3.05, 3.63) is 46.2 Å². The summed E-state index contributed by atoms with van der Waals surface area (Å²) in [5.74, 6) is 0.920. The molecular weight excluding hydrogens is 342 g/mol. The van der Waals surface area contributed by atoms with Crippen LogP contribution in [-0.4, -0.2) is 32.4 Å². The third kappa shape index (κ3) is 3.50. The van der Waals surface area contributed by atoms with E-state index < -0.39 is 10.0 Å². The molecule has 0 radical (unpaired) electrons. The minimum absolute atomic E-state index is 0.291. The summed E-state index contributed by atoms with van der Waals surface area (Å²) in [4.78, 5) is 1.65. The van der Waals surface area contributed by atoms with Gasteiger partial charge in [0.15, 0.2) is 0 Å². The second-order valence-electron chi connectivity index (χ2n) is 6.08. The normalized spacial score (nSPS) is 17.1. The van der Waals surface area contributed by atoms with Crippen molar-refractivity contribution < 1.29 is 13.2 Å². The van der Waals surface area contributed by atoms with Gasteiger partial charge in [-0.1, -0.05) is 12.1 Å². The zero-order valence-corrected chi connectivity index (χ0v) is 15.7. The number of aryl methyl sites for hydroxylation is 1. The molecule has 0 spiro atoms. The molecule has 2 heterocycles. The Bertz CT molecular complexity index is 777. The Morgan fingerprint density at radius 1 is 1.25 bits per heavy atom. The highest BCUT2D eigenvalue weighted by Crippen LogP contribution is 2.35. The second-order valence-corrected chi connectivity index (χ2v) is 8.96. The molecule has 2 aromatic rings. The first-order valence-corrected chi connectivity index (χ1v) is 10.6. The van der Waals surface area contributed by atoms with E-state index in [4.69, 9.17) is 4.74 Å². The first-order chi connectivity index (χ1) is 11.5. The predicted octanol–water partition coefficient (Wildman–Crippen LogP) is 4.02. The molecule has 0 aliphatic carbocycles. The van der Waals surface area contributed by atoms with Crippen LogP contribution in [0.25, 0.3) is 0 Å². The lowest BCUT2D eigenvalue weighted by molar-refractivity contribution is 0.312. The number of piperidine rings is 1. The van der Waals surface area contributed by atoms with Gasteiger partial charge < -0.3 is 4.74 Å². The van der Waals surface area contributed by atoms with Crippen molar-refractivity contribution in [3.8, 4) is 5.75 Å². The van der Waals surface area contributed by atoms with Gasteiger partial charge in [-0.25, -0.2) is 8.42 Å². The highest BCUT2D eigenvalue weighted by molar-refractivity contribution is 7.89. The van der Waals surface area contributed by atoms with Crippen LogP contribution in [0.2, 0.25) is 0 Å². The monoisotopic (exact) mass is 365 g/mol. The zero-order valence-electron chi connectivity index (χ0n) is 14.1. The van der Waals surface area contributed by atoms with Crippen molar-refractivity contribution >= 4 is 21.4 Å². The number of benzene rings is 1. The van der Waals surface area contributed by atoms with Crippen molar-refractivity contribution in [1.29, 1.82) is 0 Å². The maximum atomic E-state index is 13.1. The molecule has 0 atom stereocenters. The fourth-order valence-corrected chi connectivity index (χ4v) is 5.72. The number of thiophene rings is 1. The van der Waals surface area contributed by atoms with Gasteiger partial charge in [-0.2, -0.15) is 4.31 Å². The summed E-state index contributed by atoms with van der Waals surface area (Å²) >= 11 is 1.76. The lowest BCUT2D eigenvalue weighted by atomic mass is 9.97. The van der Waals surface area contributed by atoms with E-state index in [0.717, 1.165) is 18.4 Å². The van der Waals surface area contributed by atoms with Crippen LogP contribution in [-0.2, 0) is 10.0 Å². The summed E-state index contributed by atoms with van der Waals surface area (Å²) < 4.78 is 33.3. The molecule has 4 nitrogen and oxygen atoms in total. The number of nitrogens with zero attached hydrogens (tertiary/aromatic N) is 1. The lowest BCUT2D eigenvalue weighted by Gasteiger charge is -2.31. The van der Waals surface area contributed by atoms with Crippen molar-refractivity contribution in [3.63, 3.8) is 0 Å². The summed E-state index contributed by atoms with van der Waals surface area (Å²) in [6.07, 6.45) is 1.74. The molecule has 3 rings (SSSR count). The largest absolute Gasteiger partial charge is 0.492 e. The van der Waals surface area contributed by atoms with Crippen LogP contribution in [0.15, 0.2) is 40.6 Å². The average Bonchev–Trinajstić information content (AvgIpc) is 3.11. The van der Waals surface area contributed by atoms with Crippen LogP contribution < -0.4 is 4.74 Å². The van der Waals surface area contributed by atoms with Crippen LogP contribution in [0.4, 0.5) is 0 Å². The van der Waals surface area contributed by atoms with Crippen LogP contribution in [0, 0.1) is 6.92 Å². The molecule has 1 aliphatic rings. The van der Waals surface area contributed by atoms with Gasteiger partial charge in [0.2, 0.25) is 10.0 Å². The van der Waals surface area contributed by atoms with Crippen LogP contribution in [0.5, 0.6) is 5.75 Å². The Balaban J connectivity index is 1.81. The number of rotatable bonds is 5. The van der Waals surface area contributed by atoms with Crippen LogP contribution in [0.1, 0.15) is 36.1 Å². The van der Waals surface area contributed by atoms with Gasteiger partial charge in [0.25, 0.3) is 0 Å². The first-order valence-electron chi connectivity index (χ1n) is 8.29. The van der Waals surface area contributed by atoms with Crippen LogP contribution in [0.3, 0.4) is 0 Å². The smallest absolute Gasteiger partial charge is 0.246 e. The minimum atomic E-state index is -3.52. The SMILES string of the molecule is CCOc1ccc(C)cc1S(=O)(=O)N1CCC(c2cccs2)CC1. The summed E-state index contributed by atoms with van der Waals surface area (Å²) in [6, 6.07) is 9.56. The Morgan fingerprint density at radius 2 is 2.00 bits per heavy atom. The molecule has 0 N–H and O–H groups in total. The minimum Gasteiger partial charge on any atom is -0.492 e. The van der Waals surface area contributed by atoms with E-state index in [9.17, 15) is 8.42 Å². The molecule has 24 heavy (non-hydrogen) atoms. The highest BCUT2D eigenvalue weighted by Gasteiger charge is 2.32. The lowest BCUT2D eigenvalue weighted by Crippen LogP contribution is -2.38. The second kappa shape index (κ2) is 7.25. The molecule has 1 saturated heterocycles. The van der Waals surface area contributed by atoms with Gasteiger partial charge >= 0.3 is 0 Å². The fourth-order valence-electron chi connectivity index (χ4n) is 3.13. The third-order valence-electron chi connectivity index (χ3n) is 4.42. The average molecular weight is 366 g/mol. The van der Waals surface area contributed by atoms with E-state index in [-0.39, 0.29) is 0 Å². The Labute approximate surface area is 148 Å². The summed E-state index contributed by atoms with van der Waals surface area (Å²) in [5, 5.41) is 2.08. The molecule has 0 bridgehead atoms. The van der Waals surface area contributed by atoms with Crippen LogP contribution >= 0.6 is 11.3 Å². The van der Waals surface area contributed by atoms with Gasteiger partial charge in [-0.3, -0.25) is 0 Å². The van der Waals surface area contributed by atoms with Gasteiger partial charge in [-0.05, 0) is 61.7 Å². The molecule has 1 aliphatic heterocycles. The van der Waals surface area contributed by atoms with Crippen molar-refractivity contribution in [2.75, 3.05) is 19.7 Å². The van der Waals surface area contributed by atoms with Crippen molar-refractivity contribution in [2.24, 2.45) is 0 Å². The summed E-state index contributed by atoms with van der Waals surface area (Å²) in [5.41, 5.74) is 0.922. The molecule has 1 aromatic heterocycles. The molecule has 6 heteroatoms. The standard InChI is InChI=1S/C18H23NO3S2/c1-3-22-16-7-6-14(2)13-18(16)24(20,21)19-10-8-15(9-11-19)17-5-4-12-23-17/h4-7,12-13,15H,3,8-11H2,1-2H3. The maximum Gasteiger partial charge on any atom is 0.246 e. The molecule has 0 amide bonds. The van der Waals surface area contributed by atoms with Crippen molar-refractivity contribution in [2.45, 2.75) is 37.5 Å². The Kier molecular flexibility index (Phi) is 5.27. The van der Waals surface area contributed by atoms with E-state index in [1.54, 1.807) is 27.8 Å². The topological polar surface area (TPSA) is 46.6 Å². The Morgan fingerprint density at radius 3 is 2.62 bits per heavy atom. The summed E-state index contributed by atoms with van der Waals surface area (Å²) in [6.45, 7) is 5.33. The molecule has 1 aromatic carbocycles. The van der Waals surface area contributed by atoms with Crippen molar-refractivity contribution in [1.82, 2.24) is 4.31 Å². The quantitative estimate of drug-likeness (QED) is 0.804. The predicted molar refractivity (Wildman–Crippen MR) is 97.4 cm³/mol. The maximum absolute atomic E-state index is 13.1. The molecule has 130 valence electrons. The van der Waals surface area contributed by atoms with E-state index >= 15 is 0 Å².